The van der Waals surface area contributed by atoms with E-state index in [2.05, 4.69) is 5.32 Å². The number of anilines is 1. The fourth-order valence-electron chi connectivity index (χ4n) is 1.66. The average molecular weight is 248 g/mol. The highest BCUT2D eigenvalue weighted by Gasteiger charge is 2.20. The highest BCUT2D eigenvalue weighted by atomic mass is 16.5. The summed E-state index contributed by atoms with van der Waals surface area (Å²) in [6.45, 7) is 3.86. The van der Waals surface area contributed by atoms with Crippen LogP contribution in [0.1, 0.15) is 28.8 Å². The molecule has 0 aliphatic heterocycles. The van der Waals surface area contributed by atoms with Crippen molar-refractivity contribution in [3.8, 4) is 0 Å². The van der Waals surface area contributed by atoms with Crippen LogP contribution in [-0.2, 0) is 4.74 Å². The van der Waals surface area contributed by atoms with Crippen molar-refractivity contribution in [1.29, 1.82) is 0 Å². The number of nitrogens with one attached hydrogen (secondary N) is 1. The Hall–Kier alpha value is -1.55. The zero-order valence-corrected chi connectivity index (χ0v) is 10.7. The number of carbonyl (C=O) groups is 1. The van der Waals surface area contributed by atoms with Crippen LogP contribution in [0.5, 0.6) is 0 Å². The molecule has 4 nitrogen and oxygen atoms in total. The number of benzene rings is 1. The molecule has 0 atom stereocenters. The van der Waals surface area contributed by atoms with Crippen LogP contribution in [-0.4, -0.2) is 25.7 Å². The Bertz CT molecular complexity index is 428. The Morgan fingerprint density at radius 2 is 2.28 bits per heavy atom. The van der Waals surface area contributed by atoms with Gasteiger partial charge in [-0.1, -0.05) is 6.07 Å². The largest absolute Gasteiger partial charge is 0.398 e. The highest BCUT2D eigenvalue weighted by molar-refractivity contribution is 5.95. The fraction of sp³-hybridized carbons (Fsp3) is 0.500. The molecule has 18 heavy (non-hydrogen) atoms. The number of hydrogen-bond acceptors (Lipinski definition) is 3. The van der Waals surface area contributed by atoms with Gasteiger partial charge in [0.15, 0.2) is 0 Å². The van der Waals surface area contributed by atoms with Gasteiger partial charge in [-0.05, 0) is 43.4 Å². The van der Waals surface area contributed by atoms with Crippen molar-refractivity contribution in [3.05, 3.63) is 29.3 Å². The molecule has 0 saturated heterocycles. The van der Waals surface area contributed by atoms with E-state index in [-0.39, 0.29) is 5.91 Å². The minimum absolute atomic E-state index is 0.100. The van der Waals surface area contributed by atoms with Crippen molar-refractivity contribution in [2.45, 2.75) is 19.8 Å². The summed E-state index contributed by atoms with van der Waals surface area (Å²) in [7, 11) is 0. The lowest BCUT2D eigenvalue weighted by atomic mass is 10.1. The van der Waals surface area contributed by atoms with E-state index < -0.39 is 0 Å². The molecule has 2 rings (SSSR count). The van der Waals surface area contributed by atoms with E-state index in [0.717, 1.165) is 18.1 Å². The van der Waals surface area contributed by atoms with Gasteiger partial charge in [0, 0.05) is 24.4 Å². The number of carbonyl (C=O) groups excluding carboxylic acids is 1. The average Bonchev–Trinajstić information content (AvgIpc) is 3.16. The smallest absolute Gasteiger partial charge is 0.251 e. The fourth-order valence-corrected chi connectivity index (χ4v) is 1.66. The van der Waals surface area contributed by atoms with Gasteiger partial charge in [0.05, 0.1) is 6.61 Å². The maximum atomic E-state index is 11.8. The molecule has 0 bridgehead atoms. The molecule has 0 spiro atoms. The van der Waals surface area contributed by atoms with Crippen molar-refractivity contribution in [2.75, 3.05) is 25.5 Å². The number of nitrogen functional groups attached to an aromatic ring is 1. The second kappa shape index (κ2) is 5.87. The van der Waals surface area contributed by atoms with Gasteiger partial charge in [-0.25, -0.2) is 0 Å². The van der Waals surface area contributed by atoms with Gasteiger partial charge < -0.3 is 15.8 Å². The molecular formula is C14H20N2O2. The lowest BCUT2D eigenvalue weighted by Crippen LogP contribution is -2.27. The predicted octanol–water partition coefficient (Wildman–Crippen LogP) is 1.73. The normalized spacial score (nSPS) is 14.5. The minimum Gasteiger partial charge on any atom is -0.398 e. The van der Waals surface area contributed by atoms with Gasteiger partial charge in [0.1, 0.15) is 0 Å². The number of amides is 1. The van der Waals surface area contributed by atoms with Gasteiger partial charge in [-0.3, -0.25) is 4.79 Å². The summed E-state index contributed by atoms with van der Waals surface area (Å²) >= 11 is 0. The second-order valence-electron chi connectivity index (χ2n) is 4.85. The van der Waals surface area contributed by atoms with E-state index in [4.69, 9.17) is 10.5 Å². The molecule has 4 heteroatoms. The van der Waals surface area contributed by atoms with Crippen LogP contribution in [0.4, 0.5) is 5.69 Å². The Morgan fingerprint density at radius 1 is 1.50 bits per heavy atom. The summed E-state index contributed by atoms with van der Waals surface area (Å²) in [5, 5.41) is 2.82. The molecule has 1 saturated carbocycles. The van der Waals surface area contributed by atoms with E-state index in [1.807, 2.05) is 13.0 Å². The first-order valence-electron chi connectivity index (χ1n) is 6.39. The quantitative estimate of drug-likeness (QED) is 0.595. The van der Waals surface area contributed by atoms with Crippen molar-refractivity contribution in [2.24, 2.45) is 5.92 Å². The monoisotopic (exact) mass is 248 g/mol. The van der Waals surface area contributed by atoms with Crippen LogP contribution >= 0.6 is 0 Å². The van der Waals surface area contributed by atoms with E-state index in [0.29, 0.717) is 24.4 Å². The third-order valence-electron chi connectivity index (χ3n) is 3.12. The van der Waals surface area contributed by atoms with Gasteiger partial charge in [-0.15, -0.1) is 0 Å². The number of hydrogen-bond donors (Lipinski definition) is 2. The lowest BCUT2D eigenvalue weighted by molar-refractivity contribution is 0.0906. The zero-order chi connectivity index (χ0) is 13.0. The van der Waals surface area contributed by atoms with E-state index in [1.54, 1.807) is 12.1 Å². The van der Waals surface area contributed by atoms with Crippen LogP contribution < -0.4 is 11.1 Å². The number of ether oxygens (including phenoxy) is 1. The summed E-state index contributed by atoms with van der Waals surface area (Å²) in [5.41, 5.74) is 8.00. The molecule has 3 N–H and O–H groups in total. The Labute approximate surface area is 108 Å². The molecule has 1 aromatic rings. The molecule has 0 aromatic heterocycles. The van der Waals surface area contributed by atoms with E-state index in [9.17, 15) is 4.79 Å². The zero-order valence-electron chi connectivity index (χ0n) is 10.7. The van der Waals surface area contributed by atoms with Crippen molar-refractivity contribution in [3.63, 3.8) is 0 Å². The van der Waals surface area contributed by atoms with Gasteiger partial charge in [-0.2, -0.15) is 0 Å². The van der Waals surface area contributed by atoms with Crippen LogP contribution in [0, 0.1) is 12.8 Å². The first kappa shape index (κ1) is 12.9. The second-order valence-corrected chi connectivity index (χ2v) is 4.85. The molecule has 0 radical (unpaired) electrons. The van der Waals surface area contributed by atoms with Gasteiger partial charge in [0.25, 0.3) is 5.91 Å². The molecule has 1 aliphatic carbocycles. The molecule has 0 heterocycles. The van der Waals surface area contributed by atoms with Crippen molar-refractivity contribution in [1.82, 2.24) is 5.32 Å². The first-order valence-corrected chi connectivity index (χ1v) is 6.39. The highest BCUT2D eigenvalue weighted by Crippen LogP contribution is 2.28. The maximum absolute atomic E-state index is 11.8. The summed E-state index contributed by atoms with van der Waals surface area (Å²) in [6, 6.07) is 5.34. The molecule has 98 valence electrons. The van der Waals surface area contributed by atoms with Crippen molar-refractivity contribution >= 4 is 11.6 Å². The lowest BCUT2D eigenvalue weighted by Gasteiger charge is -2.07. The van der Waals surface area contributed by atoms with Crippen molar-refractivity contribution < 1.29 is 9.53 Å². The summed E-state index contributed by atoms with van der Waals surface area (Å²) in [4.78, 5) is 11.8. The molecule has 1 fully saturated rings. The van der Waals surface area contributed by atoms with Gasteiger partial charge >= 0.3 is 0 Å². The molecule has 1 aromatic carbocycles. The third-order valence-corrected chi connectivity index (χ3v) is 3.12. The molecule has 0 unspecified atom stereocenters. The van der Waals surface area contributed by atoms with Crippen LogP contribution in [0.2, 0.25) is 0 Å². The number of nitrogens with two attached hydrogens (primary N) is 1. The maximum Gasteiger partial charge on any atom is 0.251 e. The summed E-state index contributed by atoms with van der Waals surface area (Å²) in [5.74, 6) is 0.661. The first-order chi connectivity index (χ1) is 8.66. The predicted molar refractivity (Wildman–Crippen MR) is 71.5 cm³/mol. The van der Waals surface area contributed by atoms with E-state index in [1.165, 1.54) is 12.8 Å². The Kier molecular flexibility index (Phi) is 4.20. The topological polar surface area (TPSA) is 64.3 Å². The number of rotatable bonds is 6. The van der Waals surface area contributed by atoms with Crippen LogP contribution in [0.15, 0.2) is 18.2 Å². The summed E-state index contributed by atoms with van der Waals surface area (Å²) < 4.78 is 5.45. The molecular weight excluding hydrogens is 228 g/mol. The van der Waals surface area contributed by atoms with Crippen LogP contribution in [0.25, 0.3) is 0 Å². The molecule has 1 aliphatic rings. The Morgan fingerprint density at radius 3 is 2.94 bits per heavy atom. The van der Waals surface area contributed by atoms with E-state index >= 15 is 0 Å². The SMILES string of the molecule is Cc1ccc(C(=O)NCCOCC2CC2)cc1N. The third kappa shape index (κ3) is 3.74. The summed E-state index contributed by atoms with van der Waals surface area (Å²) in [6.07, 6.45) is 2.57. The molecule has 1 amide bonds. The minimum atomic E-state index is -0.100. The van der Waals surface area contributed by atoms with Crippen LogP contribution in [0.3, 0.4) is 0 Å². The number of aryl methyl sites for hydroxylation is 1. The Balaban J connectivity index is 1.70. The van der Waals surface area contributed by atoms with Gasteiger partial charge in [0.2, 0.25) is 0 Å². The standard InChI is InChI=1S/C14H20N2O2/c1-10-2-5-12(8-13(10)15)14(17)16-6-7-18-9-11-3-4-11/h2,5,8,11H,3-4,6-7,9,15H2,1H3,(H,16,17).